The zero-order chi connectivity index (χ0) is 25.8. The van der Waals surface area contributed by atoms with Gasteiger partial charge in [0.25, 0.3) is 11.5 Å². The Labute approximate surface area is 214 Å². The van der Waals surface area contributed by atoms with Crippen molar-refractivity contribution in [1.82, 2.24) is 10.3 Å². The molecule has 196 valence electrons. The number of benzene rings is 1. The predicted molar refractivity (Wildman–Crippen MR) is 133 cm³/mol. The van der Waals surface area contributed by atoms with E-state index in [1.165, 1.54) is 7.11 Å². The number of nitrogens with one attached hydrogen (secondary N) is 2. The number of methoxy groups -OCH3 is 1. The number of H-pyrrole nitrogens is 1. The van der Waals surface area contributed by atoms with Gasteiger partial charge in [-0.15, -0.1) is 0 Å². The van der Waals surface area contributed by atoms with Gasteiger partial charge >= 0.3 is 0 Å². The van der Waals surface area contributed by atoms with Gasteiger partial charge in [0.05, 0.1) is 37.0 Å². The topological polar surface area (TPSA) is 98.9 Å². The third kappa shape index (κ3) is 5.62. The minimum Gasteiger partial charge on any atom is -0.496 e. The van der Waals surface area contributed by atoms with Crippen LogP contribution >= 0.6 is 11.6 Å². The van der Waals surface area contributed by atoms with Crippen LogP contribution in [0.5, 0.6) is 17.2 Å². The molecule has 0 radical (unpaired) electrons. The number of ether oxygens (including phenoxy) is 4. The lowest BCUT2D eigenvalue weighted by atomic mass is 9.83. The summed E-state index contributed by atoms with van der Waals surface area (Å²) >= 11 is 6.46. The number of carbonyl (C=O) groups is 1. The van der Waals surface area contributed by atoms with Gasteiger partial charge in [-0.1, -0.05) is 11.6 Å². The number of amides is 1. The molecule has 4 rings (SSSR count). The summed E-state index contributed by atoms with van der Waals surface area (Å²) in [6.45, 7) is 3.57. The highest BCUT2D eigenvalue weighted by molar-refractivity contribution is 6.32. The van der Waals surface area contributed by atoms with Crippen LogP contribution in [0.1, 0.15) is 52.9 Å². The van der Waals surface area contributed by atoms with E-state index < -0.39 is 12.6 Å². The summed E-state index contributed by atoms with van der Waals surface area (Å²) in [7, 11) is 1.48. The van der Waals surface area contributed by atoms with Crippen LogP contribution < -0.4 is 25.1 Å². The second kappa shape index (κ2) is 11.5. The molecule has 1 fully saturated rings. The monoisotopic (exact) mass is 522 g/mol. The molecule has 2 aromatic rings. The van der Waals surface area contributed by atoms with Crippen molar-refractivity contribution < 1.29 is 28.1 Å². The van der Waals surface area contributed by atoms with Gasteiger partial charge in [0.15, 0.2) is 11.5 Å². The first kappa shape index (κ1) is 26.3. The Morgan fingerprint density at radius 2 is 1.97 bits per heavy atom. The fourth-order valence-corrected chi connectivity index (χ4v) is 5.18. The second-order valence-electron chi connectivity index (χ2n) is 9.26. The SMILES string of the molecule is COc1cc(C)[nH]c(=O)c1CNC(=O)c1cc(Cl)c2c(c1C)O[C@@H]([C@H]1CC[C@@H](OCCF)CC1)CO2. The van der Waals surface area contributed by atoms with E-state index in [9.17, 15) is 14.0 Å². The molecule has 2 N–H and O–H groups in total. The molecule has 1 amide bonds. The van der Waals surface area contributed by atoms with Gasteiger partial charge in [-0.2, -0.15) is 0 Å². The van der Waals surface area contributed by atoms with Gasteiger partial charge in [0, 0.05) is 16.8 Å². The van der Waals surface area contributed by atoms with Crippen LogP contribution in [0.4, 0.5) is 4.39 Å². The molecule has 1 atom stereocenters. The number of aromatic nitrogens is 1. The maximum absolute atomic E-state index is 13.1. The van der Waals surface area contributed by atoms with E-state index in [1.54, 1.807) is 26.0 Å². The maximum atomic E-state index is 13.1. The van der Waals surface area contributed by atoms with E-state index in [1.807, 2.05) is 0 Å². The molecule has 0 saturated heterocycles. The fraction of sp³-hybridized carbons (Fsp3) is 0.538. The average molecular weight is 523 g/mol. The van der Waals surface area contributed by atoms with Crippen molar-refractivity contribution in [2.45, 2.75) is 58.3 Å². The average Bonchev–Trinajstić information content (AvgIpc) is 2.88. The molecule has 1 aromatic heterocycles. The molecule has 0 bridgehead atoms. The van der Waals surface area contributed by atoms with E-state index in [0.29, 0.717) is 46.2 Å². The number of halogens is 2. The maximum Gasteiger partial charge on any atom is 0.256 e. The van der Waals surface area contributed by atoms with Crippen LogP contribution in [0.25, 0.3) is 0 Å². The number of rotatable bonds is 8. The lowest BCUT2D eigenvalue weighted by molar-refractivity contribution is -0.0194. The molecule has 1 aliphatic heterocycles. The van der Waals surface area contributed by atoms with Crippen LogP contribution in [0.3, 0.4) is 0 Å². The number of pyridine rings is 1. The summed E-state index contributed by atoms with van der Waals surface area (Å²) in [6, 6.07) is 3.26. The molecule has 0 spiro atoms. The van der Waals surface area contributed by atoms with E-state index in [0.717, 1.165) is 25.7 Å². The lowest BCUT2D eigenvalue weighted by Gasteiger charge is -2.37. The van der Waals surface area contributed by atoms with Gasteiger partial charge in [0.2, 0.25) is 0 Å². The van der Waals surface area contributed by atoms with Crippen LogP contribution in [0.15, 0.2) is 16.9 Å². The summed E-state index contributed by atoms with van der Waals surface area (Å²) in [5.41, 5.74) is 1.62. The first-order valence-electron chi connectivity index (χ1n) is 12.2. The number of hydrogen-bond acceptors (Lipinski definition) is 6. The van der Waals surface area contributed by atoms with Gasteiger partial charge in [-0.3, -0.25) is 9.59 Å². The molecular formula is C26H32ClFN2O6. The van der Waals surface area contributed by atoms with Gasteiger partial charge < -0.3 is 29.2 Å². The third-order valence-corrected chi connectivity index (χ3v) is 7.18. The largest absolute Gasteiger partial charge is 0.496 e. The number of carbonyl (C=O) groups excluding carboxylic acids is 1. The molecule has 1 saturated carbocycles. The molecular weight excluding hydrogens is 491 g/mol. The quantitative estimate of drug-likeness (QED) is 0.537. The van der Waals surface area contributed by atoms with Crippen molar-refractivity contribution in [3.8, 4) is 17.2 Å². The standard InChI is InChI=1S/C26H32ClFN2O6/c1-14-10-21(33-3)19(26(32)30-14)12-29-25(31)18-11-20(27)24-23(15(18)2)36-22(13-35-24)16-4-6-17(7-5-16)34-9-8-28/h10-11,16-17,22H,4-9,12-13H2,1-3H3,(H,29,31)(H,30,32)/t16-,17+,22-/m1/s1. The zero-order valence-corrected chi connectivity index (χ0v) is 21.5. The molecule has 2 aliphatic rings. The van der Waals surface area contributed by atoms with Crippen LogP contribution in [-0.4, -0.2) is 50.1 Å². The Bertz CT molecular complexity index is 1160. The Hall–Kier alpha value is -2.78. The van der Waals surface area contributed by atoms with Crippen molar-refractivity contribution in [2.75, 3.05) is 27.0 Å². The second-order valence-corrected chi connectivity index (χ2v) is 9.67. The van der Waals surface area contributed by atoms with Crippen molar-refractivity contribution in [1.29, 1.82) is 0 Å². The summed E-state index contributed by atoms with van der Waals surface area (Å²) < 4.78 is 35.6. The Morgan fingerprint density at radius 1 is 1.22 bits per heavy atom. The van der Waals surface area contributed by atoms with E-state index in [2.05, 4.69) is 10.3 Å². The predicted octanol–water partition coefficient (Wildman–Crippen LogP) is 4.27. The number of hydrogen-bond donors (Lipinski definition) is 2. The van der Waals surface area contributed by atoms with Crippen molar-refractivity contribution >= 4 is 17.5 Å². The van der Waals surface area contributed by atoms with Crippen LogP contribution in [-0.2, 0) is 11.3 Å². The van der Waals surface area contributed by atoms with Gasteiger partial charge in [-0.05, 0) is 57.6 Å². The summed E-state index contributed by atoms with van der Waals surface area (Å²) in [4.78, 5) is 28.2. The molecule has 2 heterocycles. The molecule has 1 aliphatic carbocycles. The molecule has 10 heteroatoms. The number of aromatic amines is 1. The minimum atomic E-state index is -0.471. The van der Waals surface area contributed by atoms with Crippen LogP contribution in [0.2, 0.25) is 5.02 Å². The van der Waals surface area contributed by atoms with Crippen molar-refractivity contribution in [2.24, 2.45) is 5.92 Å². The zero-order valence-electron chi connectivity index (χ0n) is 20.7. The first-order chi connectivity index (χ1) is 17.3. The summed E-state index contributed by atoms with van der Waals surface area (Å²) in [5, 5.41) is 3.07. The Morgan fingerprint density at radius 3 is 2.67 bits per heavy atom. The summed E-state index contributed by atoms with van der Waals surface area (Å²) in [6.07, 6.45) is 3.38. The van der Waals surface area contributed by atoms with E-state index in [4.69, 9.17) is 30.5 Å². The van der Waals surface area contributed by atoms with Crippen molar-refractivity contribution in [3.05, 3.63) is 49.9 Å². The molecule has 1 aromatic carbocycles. The van der Waals surface area contributed by atoms with E-state index >= 15 is 0 Å². The molecule has 0 unspecified atom stereocenters. The van der Waals surface area contributed by atoms with Gasteiger partial charge in [0.1, 0.15) is 25.1 Å². The minimum absolute atomic E-state index is 0.0144. The molecule has 36 heavy (non-hydrogen) atoms. The van der Waals surface area contributed by atoms with E-state index in [-0.39, 0.29) is 41.9 Å². The van der Waals surface area contributed by atoms with Crippen LogP contribution in [0, 0.1) is 19.8 Å². The highest BCUT2D eigenvalue weighted by Gasteiger charge is 2.35. The number of alkyl halides is 1. The highest BCUT2D eigenvalue weighted by Crippen LogP contribution is 2.45. The molecule has 8 nitrogen and oxygen atoms in total. The number of aryl methyl sites for hydroxylation is 1. The Kier molecular flexibility index (Phi) is 8.41. The van der Waals surface area contributed by atoms with Crippen molar-refractivity contribution in [3.63, 3.8) is 0 Å². The number of fused-ring (bicyclic) bond motifs is 1. The first-order valence-corrected chi connectivity index (χ1v) is 12.5. The normalized spacial score (nSPS) is 21.2. The fourth-order valence-electron chi connectivity index (χ4n) is 4.93. The summed E-state index contributed by atoms with van der Waals surface area (Å²) in [5.74, 6) is 1.17. The third-order valence-electron chi connectivity index (χ3n) is 6.90. The lowest BCUT2D eigenvalue weighted by Crippen LogP contribution is -2.39. The highest BCUT2D eigenvalue weighted by atomic mass is 35.5. The smallest absolute Gasteiger partial charge is 0.256 e. The van der Waals surface area contributed by atoms with Gasteiger partial charge in [-0.25, -0.2) is 4.39 Å². The Balaban J connectivity index is 1.47.